The topological polar surface area (TPSA) is 68.0 Å². The summed E-state index contributed by atoms with van der Waals surface area (Å²) in [4.78, 5) is 15.5. The van der Waals surface area contributed by atoms with Crippen LogP contribution in [0.2, 0.25) is 0 Å². The van der Waals surface area contributed by atoms with Crippen LogP contribution in [0.1, 0.15) is 32.4 Å². The highest BCUT2D eigenvalue weighted by atomic mass is 32.1. The lowest BCUT2D eigenvalue weighted by atomic mass is 10.2. The smallest absolute Gasteiger partial charge is 0.242 e. The summed E-state index contributed by atoms with van der Waals surface area (Å²) in [7, 11) is 0. The van der Waals surface area contributed by atoms with Crippen LogP contribution in [0.5, 0.6) is 0 Å². The van der Waals surface area contributed by atoms with Crippen LogP contribution in [0.15, 0.2) is 5.38 Å². The van der Waals surface area contributed by atoms with Gasteiger partial charge in [-0.3, -0.25) is 4.79 Å². The maximum Gasteiger partial charge on any atom is 0.242 e. The Balaban J connectivity index is 2.64. The van der Waals surface area contributed by atoms with Gasteiger partial charge in [0.2, 0.25) is 5.91 Å². The van der Waals surface area contributed by atoms with E-state index in [1.165, 1.54) is 11.3 Å². The number of amides is 1. The Labute approximate surface area is 87.5 Å². The van der Waals surface area contributed by atoms with Crippen molar-refractivity contribution >= 4 is 22.4 Å². The van der Waals surface area contributed by atoms with Gasteiger partial charge in [0.1, 0.15) is 0 Å². The lowest BCUT2D eigenvalue weighted by Gasteiger charge is -2.03. The largest absolute Gasteiger partial charge is 0.320 e. The van der Waals surface area contributed by atoms with E-state index in [1.807, 2.05) is 5.38 Å². The van der Waals surface area contributed by atoms with Gasteiger partial charge >= 0.3 is 0 Å². The summed E-state index contributed by atoms with van der Waals surface area (Å²) in [5, 5.41) is 5.23. The second-order valence-corrected chi connectivity index (χ2v) is 4.37. The molecular formula is C9H15N3OS. The second kappa shape index (κ2) is 4.52. The quantitative estimate of drug-likeness (QED) is 0.800. The SMILES string of the molecule is CC(C)c1csc(NC(=O)[C@@H](C)N)n1. The molecule has 0 unspecified atom stereocenters. The van der Waals surface area contributed by atoms with Crippen molar-refractivity contribution in [3.63, 3.8) is 0 Å². The molecule has 0 spiro atoms. The molecule has 14 heavy (non-hydrogen) atoms. The summed E-state index contributed by atoms with van der Waals surface area (Å²) < 4.78 is 0. The van der Waals surface area contributed by atoms with E-state index < -0.39 is 6.04 Å². The van der Waals surface area contributed by atoms with Crippen LogP contribution in [0.4, 0.5) is 5.13 Å². The molecule has 0 radical (unpaired) electrons. The number of carbonyl (C=O) groups excluding carboxylic acids is 1. The molecule has 0 fully saturated rings. The van der Waals surface area contributed by atoms with E-state index in [4.69, 9.17) is 5.73 Å². The van der Waals surface area contributed by atoms with Crippen molar-refractivity contribution in [2.24, 2.45) is 5.73 Å². The molecule has 4 nitrogen and oxygen atoms in total. The average Bonchev–Trinajstić information content (AvgIpc) is 2.52. The molecule has 0 aliphatic heterocycles. The van der Waals surface area contributed by atoms with Gasteiger partial charge in [0.05, 0.1) is 11.7 Å². The molecule has 0 saturated heterocycles. The Kier molecular flexibility index (Phi) is 3.60. The molecule has 0 aliphatic rings. The van der Waals surface area contributed by atoms with E-state index in [-0.39, 0.29) is 5.91 Å². The van der Waals surface area contributed by atoms with Crippen molar-refractivity contribution in [3.8, 4) is 0 Å². The van der Waals surface area contributed by atoms with Gasteiger partial charge in [0, 0.05) is 5.38 Å². The zero-order valence-corrected chi connectivity index (χ0v) is 9.39. The lowest BCUT2D eigenvalue weighted by molar-refractivity contribution is -0.117. The van der Waals surface area contributed by atoms with Crippen LogP contribution in [0.25, 0.3) is 0 Å². The van der Waals surface area contributed by atoms with Gasteiger partial charge in [0.15, 0.2) is 5.13 Å². The molecule has 0 aromatic carbocycles. The van der Waals surface area contributed by atoms with Gasteiger partial charge in [-0.05, 0) is 12.8 Å². The molecule has 1 rings (SSSR count). The monoisotopic (exact) mass is 213 g/mol. The molecule has 1 heterocycles. The fourth-order valence-electron chi connectivity index (χ4n) is 0.828. The van der Waals surface area contributed by atoms with E-state index in [0.717, 1.165) is 5.69 Å². The molecule has 0 saturated carbocycles. The highest BCUT2D eigenvalue weighted by Crippen LogP contribution is 2.21. The lowest BCUT2D eigenvalue weighted by Crippen LogP contribution is -2.32. The summed E-state index contributed by atoms with van der Waals surface area (Å²) in [5.74, 6) is 0.182. The third kappa shape index (κ3) is 2.78. The van der Waals surface area contributed by atoms with Crippen LogP contribution in [-0.4, -0.2) is 16.9 Å². The number of hydrogen-bond acceptors (Lipinski definition) is 4. The Morgan fingerprint density at radius 3 is 2.64 bits per heavy atom. The summed E-state index contributed by atoms with van der Waals surface area (Å²) >= 11 is 1.42. The second-order valence-electron chi connectivity index (χ2n) is 3.51. The maximum absolute atomic E-state index is 11.2. The van der Waals surface area contributed by atoms with Crippen LogP contribution in [0.3, 0.4) is 0 Å². The first-order chi connectivity index (χ1) is 6.50. The standard InChI is InChI=1S/C9H15N3OS/c1-5(2)7-4-14-9(11-7)12-8(13)6(3)10/h4-6H,10H2,1-3H3,(H,11,12,13)/t6-/m1/s1. The highest BCUT2D eigenvalue weighted by molar-refractivity contribution is 7.13. The minimum atomic E-state index is -0.499. The number of thiazole rings is 1. The van der Waals surface area contributed by atoms with Crippen molar-refractivity contribution in [3.05, 3.63) is 11.1 Å². The molecular weight excluding hydrogens is 198 g/mol. The van der Waals surface area contributed by atoms with Crippen molar-refractivity contribution in [1.82, 2.24) is 4.98 Å². The van der Waals surface area contributed by atoms with Gasteiger partial charge in [-0.2, -0.15) is 0 Å². The van der Waals surface area contributed by atoms with E-state index in [2.05, 4.69) is 24.1 Å². The summed E-state index contributed by atoms with van der Waals surface area (Å²) in [5.41, 5.74) is 6.41. The van der Waals surface area contributed by atoms with Crippen molar-refractivity contribution in [2.75, 3.05) is 5.32 Å². The molecule has 5 heteroatoms. The number of nitrogens with one attached hydrogen (secondary N) is 1. The zero-order valence-electron chi connectivity index (χ0n) is 8.57. The van der Waals surface area contributed by atoms with Crippen LogP contribution < -0.4 is 11.1 Å². The van der Waals surface area contributed by atoms with E-state index in [0.29, 0.717) is 11.0 Å². The predicted octanol–water partition coefficient (Wildman–Crippen LogP) is 1.55. The first-order valence-electron chi connectivity index (χ1n) is 4.52. The first kappa shape index (κ1) is 11.1. The van der Waals surface area contributed by atoms with E-state index in [1.54, 1.807) is 6.92 Å². The normalized spacial score (nSPS) is 12.9. The molecule has 1 aromatic rings. The summed E-state index contributed by atoms with van der Waals surface area (Å²) in [6.45, 7) is 5.77. The zero-order chi connectivity index (χ0) is 10.7. The third-order valence-corrected chi connectivity index (χ3v) is 2.53. The molecule has 1 amide bonds. The van der Waals surface area contributed by atoms with Gasteiger partial charge < -0.3 is 11.1 Å². The number of nitrogens with two attached hydrogens (primary N) is 1. The van der Waals surface area contributed by atoms with Crippen molar-refractivity contribution in [1.29, 1.82) is 0 Å². The molecule has 3 N–H and O–H groups in total. The van der Waals surface area contributed by atoms with Gasteiger partial charge in [-0.15, -0.1) is 11.3 Å². The van der Waals surface area contributed by atoms with Crippen LogP contribution >= 0.6 is 11.3 Å². The van der Waals surface area contributed by atoms with Crippen molar-refractivity contribution < 1.29 is 4.79 Å². The van der Waals surface area contributed by atoms with Crippen LogP contribution in [-0.2, 0) is 4.79 Å². The van der Waals surface area contributed by atoms with Gasteiger partial charge in [0.25, 0.3) is 0 Å². The first-order valence-corrected chi connectivity index (χ1v) is 5.40. The molecule has 0 aliphatic carbocycles. The van der Waals surface area contributed by atoms with Crippen LogP contribution in [0, 0.1) is 0 Å². The predicted molar refractivity (Wildman–Crippen MR) is 58.5 cm³/mol. The Morgan fingerprint density at radius 2 is 2.21 bits per heavy atom. The number of aromatic nitrogens is 1. The molecule has 78 valence electrons. The number of hydrogen-bond donors (Lipinski definition) is 2. The minimum absolute atomic E-state index is 0.199. The third-order valence-electron chi connectivity index (χ3n) is 1.76. The Morgan fingerprint density at radius 1 is 1.57 bits per heavy atom. The minimum Gasteiger partial charge on any atom is -0.320 e. The summed E-state index contributed by atoms with van der Waals surface area (Å²) in [6, 6.07) is -0.499. The summed E-state index contributed by atoms with van der Waals surface area (Å²) in [6.07, 6.45) is 0. The fourth-order valence-corrected chi connectivity index (χ4v) is 1.70. The highest BCUT2D eigenvalue weighted by Gasteiger charge is 2.11. The van der Waals surface area contributed by atoms with Gasteiger partial charge in [-0.25, -0.2) is 4.98 Å². The molecule has 1 aromatic heterocycles. The number of rotatable bonds is 3. The van der Waals surface area contributed by atoms with E-state index in [9.17, 15) is 4.79 Å². The number of nitrogens with zero attached hydrogens (tertiary/aromatic N) is 1. The molecule has 0 bridgehead atoms. The fraction of sp³-hybridized carbons (Fsp3) is 0.556. The number of carbonyl (C=O) groups is 1. The Hall–Kier alpha value is -0.940. The molecule has 1 atom stereocenters. The average molecular weight is 213 g/mol. The van der Waals surface area contributed by atoms with E-state index >= 15 is 0 Å². The Bertz CT molecular complexity index is 320. The van der Waals surface area contributed by atoms with Crippen molar-refractivity contribution in [2.45, 2.75) is 32.7 Å². The number of anilines is 1. The maximum atomic E-state index is 11.2. The van der Waals surface area contributed by atoms with Gasteiger partial charge in [-0.1, -0.05) is 13.8 Å².